The lowest BCUT2D eigenvalue weighted by molar-refractivity contribution is 0.102. The molecule has 0 saturated carbocycles. The molecule has 1 aromatic carbocycles. The first-order chi connectivity index (χ1) is 11.9. The summed E-state index contributed by atoms with van der Waals surface area (Å²) in [6.45, 7) is 3.70. The molecule has 126 valence electrons. The molecule has 4 aromatic rings. The number of amides is 1. The third-order valence-electron chi connectivity index (χ3n) is 3.72. The van der Waals surface area contributed by atoms with Crippen LogP contribution in [0.2, 0.25) is 5.02 Å². The van der Waals surface area contributed by atoms with Gasteiger partial charge >= 0.3 is 0 Å². The first kappa shape index (κ1) is 15.9. The molecule has 0 aliphatic rings. The number of halogens is 1. The fourth-order valence-corrected chi connectivity index (χ4v) is 3.71. The third-order valence-corrected chi connectivity index (χ3v) is 4.91. The Labute approximate surface area is 150 Å². The number of thiazole rings is 1. The van der Waals surface area contributed by atoms with Gasteiger partial charge in [0.25, 0.3) is 11.5 Å². The number of nitrogens with one attached hydrogen (secondary N) is 1. The maximum Gasteiger partial charge on any atom is 0.271 e. The number of hydrogen-bond acceptors (Lipinski definition) is 5. The van der Waals surface area contributed by atoms with Gasteiger partial charge in [-0.05, 0) is 32.0 Å². The number of aromatic nitrogens is 2. The van der Waals surface area contributed by atoms with Gasteiger partial charge in [0.2, 0.25) is 0 Å². The van der Waals surface area contributed by atoms with Crippen molar-refractivity contribution in [2.45, 2.75) is 13.8 Å². The fraction of sp³-hybridized carbons (Fsp3) is 0.118. The molecule has 6 nitrogen and oxygen atoms in total. The largest absolute Gasteiger partial charge is 0.460 e. The van der Waals surface area contributed by atoms with E-state index in [1.807, 2.05) is 19.9 Å². The van der Waals surface area contributed by atoms with Crippen LogP contribution in [-0.4, -0.2) is 15.3 Å². The number of hydrogen-bond donors (Lipinski definition) is 1. The Morgan fingerprint density at radius 2 is 2.12 bits per heavy atom. The van der Waals surface area contributed by atoms with Crippen molar-refractivity contribution in [2.24, 2.45) is 0 Å². The quantitative estimate of drug-likeness (QED) is 0.575. The lowest BCUT2D eigenvalue weighted by atomic mass is 10.2. The lowest BCUT2D eigenvalue weighted by Gasteiger charge is -2.06. The molecule has 0 aliphatic carbocycles. The van der Waals surface area contributed by atoms with Crippen LogP contribution in [0, 0.1) is 13.8 Å². The molecular weight excluding hydrogens is 362 g/mol. The molecule has 0 saturated heterocycles. The Balaban J connectivity index is 1.72. The molecule has 0 aliphatic heterocycles. The van der Waals surface area contributed by atoms with E-state index < -0.39 is 11.5 Å². The van der Waals surface area contributed by atoms with Gasteiger partial charge in [-0.2, -0.15) is 0 Å². The predicted molar refractivity (Wildman–Crippen MR) is 98.0 cm³/mol. The predicted octanol–water partition coefficient (Wildman–Crippen LogP) is 4.02. The highest BCUT2D eigenvalue weighted by molar-refractivity contribution is 7.16. The van der Waals surface area contributed by atoms with Gasteiger partial charge in [-0.3, -0.25) is 14.0 Å². The highest BCUT2D eigenvalue weighted by Crippen LogP contribution is 2.30. The van der Waals surface area contributed by atoms with Crippen LogP contribution < -0.4 is 10.9 Å². The van der Waals surface area contributed by atoms with Gasteiger partial charge in [0.1, 0.15) is 11.3 Å². The Bertz CT molecular complexity index is 1210. The van der Waals surface area contributed by atoms with Crippen molar-refractivity contribution in [3.8, 4) is 0 Å². The van der Waals surface area contributed by atoms with Gasteiger partial charge < -0.3 is 9.73 Å². The van der Waals surface area contributed by atoms with E-state index in [1.165, 1.54) is 21.9 Å². The fourth-order valence-electron chi connectivity index (χ4n) is 2.66. The van der Waals surface area contributed by atoms with Gasteiger partial charge in [-0.15, -0.1) is 11.3 Å². The van der Waals surface area contributed by atoms with Crippen molar-refractivity contribution >= 4 is 50.5 Å². The average molecular weight is 374 g/mol. The first-order valence-corrected chi connectivity index (χ1v) is 8.60. The average Bonchev–Trinajstić information content (AvgIpc) is 3.10. The van der Waals surface area contributed by atoms with E-state index in [2.05, 4.69) is 10.3 Å². The summed E-state index contributed by atoms with van der Waals surface area (Å²) < 4.78 is 6.89. The van der Waals surface area contributed by atoms with Gasteiger partial charge in [-0.25, -0.2) is 4.98 Å². The van der Waals surface area contributed by atoms with E-state index in [-0.39, 0.29) is 5.56 Å². The number of carbonyl (C=O) groups excluding carboxylic acids is 1. The van der Waals surface area contributed by atoms with E-state index in [0.717, 1.165) is 16.0 Å². The molecule has 0 atom stereocenters. The van der Waals surface area contributed by atoms with Crippen LogP contribution in [0.5, 0.6) is 0 Å². The molecule has 0 radical (unpaired) electrons. The highest BCUT2D eigenvalue weighted by Gasteiger charge is 2.16. The molecule has 0 bridgehead atoms. The van der Waals surface area contributed by atoms with Crippen LogP contribution in [0.3, 0.4) is 0 Å². The number of nitrogens with zero attached hydrogens (tertiary/aromatic N) is 2. The summed E-state index contributed by atoms with van der Waals surface area (Å²) >= 11 is 7.58. The summed E-state index contributed by atoms with van der Waals surface area (Å²) in [7, 11) is 0. The molecule has 3 aromatic heterocycles. The number of fused-ring (bicyclic) bond motifs is 2. The summed E-state index contributed by atoms with van der Waals surface area (Å²) in [5.41, 5.74) is 0.608. The molecule has 1 N–H and O–H groups in total. The molecule has 3 heterocycles. The first-order valence-electron chi connectivity index (χ1n) is 7.41. The Morgan fingerprint density at radius 1 is 1.32 bits per heavy atom. The zero-order chi connectivity index (χ0) is 17.7. The molecule has 4 rings (SSSR count). The second-order valence-electron chi connectivity index (χ2n) is 5.66. The summed E-state index contributed by atoms with van der Waals surface area (Å²) in [4.78, 5) is 30.7. The van der Waals surface area contributed by atoms with Crippen LogP contribution in [0.1, 0.15) is 21.0 Å². The van der Waals surface area contributed by atoms with Crippen LogP contribution in [0.25, 0.3) is 15.9 Å². The van der Waals surface area contributed by atoms with Crippen LogP contribution >= 0.6 is 22.9 Å². The van der Waals surface area contributed by atoms with E-state index in [0.29, 0.717) is 21.3 Å². The minimum atomic E-state index is -0.536. The number of furan rings is 1. The minimum absolute atomic E-state index is 0.0325. The highest BCUT2D eigenvalue weighted by atomic mass is 35.5. The van der Waals surface area contributed by atoms with E-state index >= 15 is 0 Å². The second kappa shape index (κ2) is 5.72. The van der Waals surface area contributed by atoms with Crippen molar-refractivity contribution in [3.05, 3.63) is 62.2 Å². The van der Waals surface area contributed by atoms with E-state index in [4.69, 9.17) is 16.0 Å². The molecule has 0 unspecified atom stereocenters. The molecule has 0 spiro atoms. The molecule has 0 fully saturated rings. The van der Waals surface area contributed by atoms with Gasteiger partial charge in [0, 0.05) is 28.3 Å². The lowest BCUT2D eigenvalue weighted by Crippen LogP contribution is -2.25. The zero-order valence-electron chi connectivity index (χ0n) is 13.3. The van der Waals surface area contributed by atoms with Crippen LogP contribution in [0.15, 0.2) is 39.8 Å². The summed E-state index contributed by atoms with van der Waals surface area (Å²) in [5, 5.41) is 3.86. The molecule has 1 amide bonds. The van der Waals surface area contributed by atoms with Crippen LogP contribution in [-0.2, 0) is 0 Å². The van der Waals surface area contributed by atoms with E-state index in [9.17, 15) is 9.59 Å². The van der Waals surface area contributed by atoms with Gasteiger partial charge in [0.05, 0.1) is 5.02 Å². The van der Waals surface area contributed by atoms with E-state index in [1.54, 1.807) is 18.3 Å². The standard InChI is InChI=1S/C17H12ClN3O3S/c1-8-3-10-4-11(5-13(18)14(10)24-8)20-15(22)12-6-19-17-21(16(12)23)7-9(2)25-17/h3-7H,1-2H3,(H,20,22). The summed E-state index contributed by atoms with van der Waals surface area (Å²) in [6.07, 6.45) is 2.97. The third kappa shape index (κ3) is 2.71. The Morgan fingerprint density at radius 3 is 2.92 bits per heavy atom. The summed E-state index contributed by atoms with van der Waals surface area (Å²) in [5.74, 6) is 0.187. The van der Waals surface area contributed by atoms with Gasteiger partial charge in [-0.1, -0.05) is 11.6 Å². The van der Waals surface area contributed by atoms with Crippen molar-refractivity contribution in [3.63, 3.8) is 0 Å². The molecule has 8 heteroatoms. The maximum atomic E-state index is 12.5. The number of aryl methyl sites for hydroxylation is 2. The smallest absolute Gasteiger partial charge is 0.271 e. The molecular formula is C17H12ClN3O3S. The number of benzene rings is 1. The normalized spacial score (nSPS) is 11.3. The van der Waals surface area contributed by atoms with Crippen molar-refractivity contribution in [2.75, 3.05) is 5.32 Å². The SMILES string of the molecule is Cc1cc2cc(NC(=O)c3cnc4sc(C)cn4c3=O)cc(Cl)c2o1. The Hall–Kier alpha value is -2.64. The maximum absolute atomic E-state index is 12.5. The zero-order valence-corrected chi connectivity index (χ0v) is 14.9. The topological polar surface area (TPSA) is 76.6 Å². The summed E-state index contributed by atoms with van der Waals surface area (Å²) in [6, 6.07) is 5.16. The molecule has 25 heavy (non-hydrogen) atoms. The number of anilines is 1. The second-order valence-corrected chi connectivity index (χ2v) is 7.28. The monoisotopic (exact) mass is 373 g/mol. The minimum Gasteiger partial charge on any atom is -0.460 e. The van der Waals surface area contributed by atoms with Crippen molar-refractivity contribution < 1.29 is 9.21 Å². The van der Waals surface area contributed by atoms with Crippen LogP contribution in [0.4, 0.5) is 5.69 Å². The number of rotatable bonds is 2. The van der Waals surface area contributed by atoms with Crippen molar-refractivity contribution in [1.82, 2.24) is 9.38 Å². The van der Waals surface area contributed by atoms with Crippen molar-refractivity contribution in [1.29, 1.82) is 0 Å². The number of carbonyl (C=O) groups is 1. The van der Waals surface area contributed by atoms with Gasteiger partial charge in [0.15, 0.2) is 10.5 Å². The Kier molecular flexibility index (Phi) is 3.63.